The molecule has 1 aliphatic heterocycles. The first-order chi connectivity index (χ1) is 7.04. The molecule has 2 unspecified atom stereocenters. The number of carboxylic acid groups (broad SMARTS) is 1. The molecular formula is C10H18N2O3. The van der Waals surface area contributed by atoms with Crippen LogP contribution in [-0.4, -0.2) is 47.1 Å². The number of carbonyl (C=O) groups excluding carboxylic acids is 1. The van der Waals surface area contributed by atoms with Crippen molar-refractivity contribution < 1.29 is 14.7 Å². The van der Waals surface area contributed by atoms with Gasteiger partial charge >= 0.3 is 5.97 Å². The second-order valence-corrected chi connectivity index (χ2v) is 3.94. The van der Waals surface area contributed by atoms with Crippen LogP contribution in [0, 0.1) is 0 Å². The van der Waals surface area contributed by atoms with Gasteiger partial charge in [0.05, 0.1) is 0 Å². The molecule has 0 aromatic rings. The molecule has 5 nitrogen and oxygen atoms in total. The first-order valence-electron chi connectivity index (χ1n) is 5.28. The molecule has 0 radical (unpaired) electrons. The zero-order valence-corrected chi connectivity index (χ0v) is 9.19. The fourth-order valence-corrected chi connectivity index (χ4v) is 2.06. The molecule has 1 heterocycles. The summed E-state index contributed by atoms with van der Waals surface area (Å²) >= 11 is 0. The van der Waals surface area contributed by atoms with Crippen LogP contribution < -0.4 is 5.32 Å². The van der Waals surface area contributed by atoms with Crippen LogP contribution in [0.15, 0.2) is 0 Å². The lowest BCUT2D eigenvalue weighted by atomic mass is 10.2. The van der Waals surface area contributed by atoms with Gasteiger partial charge in [0.25, 0.3) is 0 Å². The molecule has 0 aromatic heterocycles. The number of aliphatic carboxylic acids is 1. The molecule has 1 aliphatic rings. The predicted molar refractivity (Wildman–Crippen MR) is 55.5 cm³/mol. The van der Waals surface area contributed by atoms with Crippen LogP contribution in [-0.2, 0) is 9.59 Å². The topological polar surface area (TPSA) is 69.6 Å². The van der Waals surface area contributed by atoms with Gasteiger partial charge < -0.3 is 10.4 Å². The van der Waals surface area contributed by atoms with Crippen LogP contribution in [0.5, 0.6) is 0 Å². The number of rotatable bonds is 4. The molecule has 0 bridgehead atoms. The minimum absolute atomic E-state index is 0.0507. The van der Waals surface area contributed by atoms with Gasteiger partial charge in [-0.3, -0.25) is 14.5 Å². The van der Waals surface area contributed by atoms with Crippen molar-refractivity contribution in [2.24, 2.45) is 0 Å². The van der Waals surface area contributed by atoms with Gasteiger partial charge in [-0.15, -0.1) is 0 Å². The van der Waals surface area contributed by atoms with E-state index in [0.29, 0.717) is 13.0 Å². The van der Waals surface area contributed by atoms with E-state index in [0.717, 1.165) is 13.0 Å². The molecule has 1 fully saturated rings. The van der Waals surface area contributed by atoms with Gasteiger partial charge in [0.15, 0.2) is 0 Å². The summed E-state index contributed by atoms with van der Waals surface area (Å²) in [5, 5.41) is 11.8. The Kier molecular flexibility index (Phi) is 4.08. The molecule has 0 aromatic carbocycles. The molecule has 2 N–H and O–H groups in total. The Balaban J connectivity index is 2.47. The summed E-state index contributed by atoms with van der Waals surface area (Å²) in [5.41, 5.74) is 0. The average Bonchev–Trinajstić information content (AvgIpc) is 2.52. The molecule has 5 heteroatoms. The Hall–Kier alpha value is -1.10. The van der Waals surface area contributed by atoms with Crippen LogP contribution in [0.2, 0.25) is 0 Å². The van der Waals surface area contributed by atoms with Crippen molar-refractivity contribution in [1.82, 2.24) is 10.2 Å². The summed E-state index contributed by atoms with van der Waals surface area (Å²) in [6.07, 6.45) is 1.44. The van der Waals surface area contributed by atoms with Crippen LogP contribution in [0.1, 0.15) is 26.7 Å². The molecule has 2 atom stereocenters. The highest BCUT2D eigenvalue weighted by Gasteiger charge is 2.31. The van der Waals surface area contributed by atoms with Gasteiger partial charge in [0.1, 0.15) is 6.04 Å². The third-order valence-electron chi connectivity index (χ3n) is 2.74. The van der Waals surface area contributed by atoms with E-state index in [1.807, 2.05) is 11.8 Å². The van der Waals surface area contributed by atoms with Gasteiger partial charge in [-0.05, 0) is 12.8 Å². The van der Waals surface area contributed by atoms with Crippen molar-refractivity contribution in [1.29, 1.82) is 0 Å². The summed E-state index contributed by atoms with van der Waals surface area (Å²) in [6.45, 7) is 4.74. The molecule has 0 saturated carbocycles. The fraction of sp³-hybridized carbons (Fsp3) is 0.800. The number of hydrogen-bond acceptors (Lipinski definition) is 3. The number of carboxylic acids is 1. The summed E-state index contributed by atoms with van der Waals surface area (Å²) in [5.74, 6) is -0.828. The normalized spacial score (nSPS) is 23.7. The van der Waals surface area contributed by atoms with Gasteiger partial charge in [0.2, 0.25) is 5.91 Å². The van der Waals surface area contributed by atoms with E-state index >= 15 is 0 Å². The van der Waals surface area contributed by atoms with E-state index in [1.54, 1.807) is 0 Å². The van der Waals surface area contributed by atoms with Crippen molar-refractivity contribution in [3.8, 4) is 0 Å². The number of amides is 1. The Bertz CT molecular complexity index is 255. The Morgan fingerprint density at radius 1 is 1.60 bits per heavy atom. The summed E-state index contributed by atoms with van der Waals surface area (Å²) < 4.78 is 0. The molecule has 86 valence electrons. The first-order valence-corrected chi connectivity index (χ1v) is 5.28. The number of likely N-dealkylation sites (tertiary alicyclic amines) is 1. The number of nitrogens with one attached hydrogen (secondary N) is 1. The van der Waals surface area contributed by atoms with E-state index in [4.69, 9.17) is 5.11 Å². The van der Waals surface area contributed by atoms with Gasteiger partial charge in [-0.1, -0.05) is 6.92 Å². The minimum atomic E-state index is -0.777. The van der Waals surface area contributed by atoms with Crippen molar-refractivity contribution in [2.45, 2.75) is 38.8 Å². The molecule has 1 amide bonds. The van der Waals surface area contributed by atoms with Crippen molar-refractivity contribution in [2.75, 3.05) is 13.1 Å². The fourth-order valence-electron chi connectivity index (χ4n) is 2.06. The largest absolute Gasteiger partial charge is 0.480 e. The molecule has 0 spiro atoms. The average molecular weight is 214 g/mol. The van der Waals surface area contributed by atoms with Crippen molar-refractivity contribution >= 4 is 11.9 Å². The lowest BCUT2D eigenvalue weighted by Gasteiger charge is -2.22. The zero-order chi connectivity index (χ0) is 11.4. The van der Waals surface area contributed by atoms with Gasteiger partial charge in [-0.2, -0.15) is 0 Å². The Morgan fingerprint density at radius 2 is 2.27 bits per heavy atom. The maximum Gasteiger partial charge on any atom is 0.320 e. The second kappa shape index (κ2) is 5.11. The second-order valence-electron chi connectivity index (χ2n) is 3.94. The molecule has 1 saturated heterocycles. The lowest BCUT2D eigenvalue weighted by molar-refractivity contribution is -0.143. The molecular weight excluding hydrogens is 196 g/mol. The zero-order valence-electron chi connectivity index (χ0n) is 9.19. The third kappa shape index (κ3) is 3.20. The maximum absolute atomic E-state index is 10.9. The number of hydrogen-bond donors (Lipinski definition) is 2. The van der Waals surface area contributed by atoms with Crippen LogP contribution >= 0.6 is 0 Å². The quantitative estimate of drug-likeness (QED) is 0.694. The predicted octanol–water partition coefficient (Wildman–Crippen LogP) is 0.0600. The van der Waals surface area contributed by atoms with Gasteiger partial charge in [-0.25, -0.2) is 0 Å². The van der Waals surface area contributed by atoms with E-state index in [2.05, 4.69) is 5.32 Å². The number of nitrogens with zero attached hydrogens (tertiary/aromatic N) is 1. The van der Waals surface area contributed by atoms with E-state index in [9.17, 15) is 9.59 Å². The van der Waals surface area contributed by atoms with Crippen molar-refractivity contribution in [3.05, 3.63) is 0 Å². The van der Waals surface area contributed by atoms with Crippen LogP contribution in [0.4, 0.5) is 0 Å². The molecule has 15 heavy (non-hydrogen) atoms. The SMILES string of the molecule is CCC(C(=O)O)N1CCC(NC(C)=O)C1. The smallest absolute Gasteiger partial charge is 0.320 e. The van der Waals surface area contributed by atoms with Crippen LogP contribution in [0.25, 0.3) is 0 Å². The summed E-state index contributed by atoms with van der Waals surface area (Å²) in [4.78, 5) is 23.7. The summed E-state index contributed by atoms with van der Waals surface area (Å²) in [7, 11) is 0. The van der Waals surface area contributed by atoms with Gasteiger partial charge in [0, 0.05) is 26.1 Å². The first kappa shape index (κ1) is 12.0. The summed E-state index contributed by atoms with van der Waals surface area (Å²) in [6, 6.07) is -0.306. The van der Waals surface area contributed by atoms with Crippen molar-refractivity contribution in [3.63, 3.8) is 0 Å². The lowest BCUT2D eigenvalue weighted by Crippen LogP contribution is -2.42. The maximum atomic E-state index is 10.9. The van der Waals surface area contributed by atoms with E-state index in [1.165, 1.54) is 6.92 Å². The highest BCUT2D eigenvalue weighted by Crippen LogP contribution is 2.15. The van der Waals surface area contributed by atoms with E-state index in [-0.39, 0.29) is 11.9 Å². The Morgan fingerprint density at radius 3 is 2.73 bits per heavy atom. The monoisotopic (exact) mass is 214 g/mol. The molecule has 0 aliphatic carbocycles. The molecule has 1 rings (SSSR count). The number of carbonyl (C=O) groups is 2. The Labute approximate surface area is 89.4 Å². The highest BCUT2D eigenvalue weighted by atomic mass is 16.4. The minimum Gasteiger partial charge on any atom is -0.480 e. The third-order valence-corrected chi connectivity index (χ3v) is 2.74. The highest BCUT2D eigenvalue weighted by molar-refractivity contribution is 5.74. The standard InChI is InChI=1S/C10H18N2O3/c1-3-9(10(14)15)12-5-4-8(6-12)11-7(2)13/h8-9H,3-6H2,1-2H3,(H,11,13)(H,14,15). The van der Waals surface area contributed by atoms with Crippen LogP contribution in [0.3, 0.4) is 0 Å². The van der Waals surface area contributed by atoms with E-state index < -0.39 is 12.0 Å².